The predicted molar refractivity (Wildman–Crippen MR) is 100 cm³/mol. The first-order valence-corrected chi connectivity index (χ1v) is 9.48. The van der Waals surface area contributed by atoms with E-state index in [0.717, 1.165) is 39.0 Å². The molecule has 1 amide bonds. The third-order valence-corrected chi connectivity index (χ3v) is 5.54. The van der Waals surface area contributed by atoms with E-state index >= 15 is 0 Å². The third kappa shape index (κ3) is 4.62. The van der Waals surface area contributed by atoms with E-state index in [0.29, 0.717) is 17.2 Å². The second kappa shape index (κ2) is 8.64. The van der Waals surface area contributed by atoms with E-state index in [1.54, 1.807) is 24.3 Å². The molecule has 6 heteroatoms. The molecule has 2 aliphatic rings. The summed E-state index contributed by atoms with van der Waals surface area (Å²) in [7, 11) is 3.52. The van der Waals surface area contributed by atoms with Crippen molar-refractivity contribution in [3.63, 3.8) is 0 Å². The number of rotatable bonds is 4. The number of hydrogen-bond donors (Lipinski definition) is 1. The Morgan fingerprint density at radius 1 is 1.12 bits per heavy atom. The van der Waals surface area contributed by atoms with Crippen molar-refractivity contribution in [2.45, 2.75) is 37.8 Å². The zero-order valence-corrected chi connectivity index (χ0v) is 15.7. The molecular weight excluding hydrogens is 330 g/mol. The summed E-state index contributed by atoms with van der Waals surface area (Å²) in [6, 6.07) is 7.50. The fourth-order valence-electron chi connectivity index (χ4n) is 3.99. The first-order valence-electron chi connectivity index (χ1n) is 9.48. The highest BCUT2D eigenvalue weighted by Crippen LogP contribution is 2.21. The summed E-state index contributed by atoms with van der Waals surface area (Å²) in [5.74, 6) is -0.545. The highest BCUT2D eigenvalue weighted by Gasteiger charge is 2.28. The van der Waals surface area contributed by atoms with E-state index in [1.807, 2.05) is 0 Å². The quantitative estimate of drug-likeness (QED) is 0.830. The van der Waals surface area contributed by atoms with Crippen LogP contribution in [0.5, 0.6) is 0 Å². The van der Waals surface area contributed by atoms with Gasteiger partial charge in [0, 0.05) is 24.2 Å². The van der Waals surface area contributed by atoms with Crippen LogP contribution in [0.25, 0.3) is 0 Å². The van der Waals surface area contributed by atoms with Crippen LogP contribution in [0.15, 0.2) is 24.3 Å². The number of amides is 1. The van der Waals surface area contributed by atoms with Gasteiger partial charge in [0.25, 0.3) is 5.91 Å². The van der Waals surface area contributed by atoms with Crippen LogP contribution in [0.3, 0.4) is 0 Å². The van der Waals surface area contributed by atoms with Gasteiger partial charge in [0.05, 0.1) is 12.7 Å². The number of carbonyl (C=O) groups excluding carboxylic acids is 2. The van der Waals surface area contributed by atoms with Crippen LogP contribution in [0.2, 0.25) is 0 Å². The summed E-state index contributed by atoms with van der Waals surface area (Å²) in [6.45, 7) is 4.34. The Morgan fingerprint density at radius 2 is 1.85 bits per heavy atom. The molecule has 1 atom stereocenters. The maximum atomic E-state index is 12.6. The first kappa shape index (κ1) is 18.9. The number of benzene rings is 1. The van der Waals surface area contributed by atoms with Crippen LogP contribution in [0, 0.1) is 0 Å². The van der Waals surface area contributed by atoms with E-state index < -0.39 is 5.97 Å². The average molecular weight is 359 g/mol. The number of likely N-dealkylation sites (tertiary alicyclic amines) is 2. The van der Waals surface area contributed by atoms with Gasteiger partial charge in [0.15, 0.2) is 0 Å². The zero-order chi connectivity index (χ0) is 18.5. The standard InChI is InChI=1S/C20H29N3O3/c1-22-11-8-18(9-12-22)23-10-4-7-17(14-23)21-19(24)15-5-3-6-16(13-15)20(25)26-2/h3,5-6,13,17-18H,4,7-12,14H2,1-2H3,(H,21,24)/t17-/m0/s1. The lowest BCUT2D eigenvalue weighted by atomic mass is 9.98. The van der Waals surface area contributed by atoms with Crippen LogP contribution in [-0.4, -0.2) is 74.1 Å². The van der Waals surface area contributed by atoms with Gasteiger partial charge in [-0.15, -0.1) is 0 Å². The highest BCUT2D eigenvalue weighted by molar-refractivity contribution is 5.98. The van der Waals surface area contributed by atoms with Gasteiger partial charge in [-0.3, -0.25) is 9.69 Å². The number of nitrogens with zero attached hydrogens (tertiary/aromatic N) is 2. The Bertz CT molecular complexity index is 641. The molecule has 0 spiro atoms. The molecule has 0 aromatic heterocycles. The molecule has 3 rings (SSSR count). The molecule has 0 bridgehead atoms. The molecule has 1 N–H and O–H groups in total. The fourth-order valence-corrected chi connectivity index (χ4v) is 3.99. The van der Waals surface area contributed by atoms with Crippen LogP contribution < -0.4 is 5.32 Å². The van der Waals surface area contributed by atoms with Gasteiger partial charge in [0.2, 0.25) is 0 Å². The Morgan fingerprint density at radius 3 is 2.58 bits per heavy atom. The Hall–Kier alpha value is -1.92. The topological polar surface area (TPSA) is 61.9 Å². The number of esters is 1. The lowest BCUT2D eigenvalue weighted by Crippen LogP contribution is -2.53. The van der Waals surface area contributed by atoms with Crippen molar-refractivity contribution in [3.05, 3.63) is 35.4 Å². The number of hydrogen-bond acceptors (Lipinski definition) is 5. The van der Waals surface area contributed by atoms with E-state index in [9.17, 15) is 9.59 Å². The smallest absolute Gasteiger partial charge is 0.337 e. The van der Waals surface area contributed by atoms with Crippen LogP contribution in [0.1, 0.15) is 46.4 Å². The number of ether oxygens (including phenoxy) is 1. The van der Waals surface area contributed by atoms with Crippen molar-refractivity contribution in [2.75, 3.05) is 40.3 Å². The third-order valence-electron chi connectivity index (χ3n) is 5.54. The molecule has 0 saturated carbocycles. The number of methoxy groups -OCH3 is 1. The maximum Gasteiger partial charge on any atom is 0.337 e. The molecule has 26 heavy (non-hydrogen) atoms. The van der Waals surface area contributed by atoms with Crippen LogP contribution >= 0.6 is 0 Å². The van der Waals surface area contributed by atoms with E-state index in [-0.39, 0.29) is 11.9 Å². The van der Waals surface area contributed by atoms with E-state index in [2.05, 4.69) is 22.2 Å². The summed E-state index contributed by atoms with van der Waals surface area (Å²) in [5, 5.41) is 3.15. The molecule has 0 radical (unpaired) electrons. The minimum atomic E-state index is -0.425. The minimum absolute atomic E-state index is 0.119. The van der Waals surface area contributed by atoms with Crippen LogP contribution in [-0.2, 0) is 4.74 Å². The summed E-state index contributed by atoms with van der Waals surface area (Å²) >= 11 is 0. The van der Waals surface area contributed by atoms with Crippen molar-refractivity contribution >= 4 is 11.9 Å². The largest absolute Gasteiger partial charge is 0.465 e. The average Bonchev–Trinajstić information content (AvgIpc) is 2.68. The Labute approximate surface area is 155 Å². The lowest BCUT2D eigenvalue weighted by Gasteiger charge is -2.41. The van der Waals surface area contributed by atoms with Gasteiger partial charge >= 0.3 is 5.97 Å². The van der Waals surface area contributed by atoms with Gasteiger partial charge < -0.3 is 15.0 Å². The lowest BCUT2D eigenvalue weighted by molar-refractivity contribution is 0.0600. The summed E-state index contributed by atoms with van der Waals surface area (Å²) in [5.41, 5.74) is 0.904. The number of carbonyl (C=O) groups is 2. The van der Waals surface area contributed by atoms with Gasteiger partial charge in [-0.1, -0.05) is 6.07 Å². The SMILES string of the molecule is COC(=O)c1cccc(C(=O)N[C@H]2CCCN(C3CCN(C)CC3)C2)c1. The first-order chi connectivity index (χ1) is 12.6. The molecule has 2 saturated heterocycles. The number of piperidine rings is 2. The molecule has 1 aromatic rings. The highest BCUT2D eigenvalue weighted by atomic mass is 16.5. The molecule has 2 aliphatic heterocycles. The summed E-state index contributed by atoms with van der Waals surface area (Å²) in [4.78, 5) is 29.2. The van der Waals surface area contributed by atoms with Crippen molar-refractivity contribution in [3.8, 4) is 0 Å². The maximum absolute atomic E-state index is 12.6. The molecular formula is C20H29N3O3. The minimum Gasteiger partial charge on any atom is -0.465 e. The van der Waals surface area contributed by atoms with Gasteiger partial charge in [0.1, 0.15) is 0 Å². The molecule has 2 fully saturated rings. The molecule has 142 valence electrons. The molecule has 1 aromatic carbocycles. The number of nitrogens with one attached hydrogen (secondary N) is 1. The molecule has 6 nitrogen and oxygen atoms in total. The van der Waals surface area contributed by atoms with Gasteiger partial charge in [-0.25, -0.2) is 4.79 Å². The summed E-state index contributed by atoms with van der Waals surface area (Å²) in [6.07, 6.45) is 4.53. The van der Waals surface area contributed by atoms with Crippen molar-refractivity contribution < 1.29 is 14.3 Å². The van der Waals surface area contributed by atoms with Crippen molar-refractivity contribution in [1.82, 2.24) is 15.1 Å². The van der Waals surface area contributed by atoms with Crippen LogP contribution in [0.4, 0.5) is 0 Å². The van der Waals surface area contributed by atoms with Gasteiger partial charge in [-0.2, -0.15) is 0 Å². The molecule has 0 aliphatic carbocycles. The second-order valence-corrected chi connectivity index (χ2v) is 7.41. The molecule has 2 heterocycles. The van der Waals surface area contributed by atoms with E-state index in [4.69, 9.17) is 4.74 Å². The summed E-state index contributed by atoms with van der Waals surface area (Å²) < 4.78 is 4.73. The Balaban J connectivity index is 1.58. The zero-order valence-electron chi connectivity index (χ0n) is 15.7. The van der Waals surface area contributed by atoms with E-state index in [1.165, 1.54) is 20.0 Å². The predicted octanol–water partition coefficient (Wildman–Crippen LogP) is 1.76. The molecule has 0 unspecified atom stereocenters. The fraction of sp³-hybridized carbons (Fsp3) is 0.600. The normalized spacial score (nSPS) is 22.8. The second-order valence-electron chi connectivity index (χ2n) is 7.41. The van der Waals surface area contributed by atoms with Gasteiger partial charge in [-0.05, 0) is 70.6 Å². The Kier molecular flexibility index (Phi) is 6.27. The van der Waals surface area contributed by atoms with Crippen molar-refractivity contribution in [2.24, 2.45) is 0 Å². The monoisotopic (exact) mass is 359 g/mol. The van der Waals surface area contributed by atoms with Crippen molar-refractivity contribution in [1.29, 1.82) is 0 Å².